The van der Waals surface area contributed by atoms with Crippen LogP contribution in [0, 0.1) is 12.3 Å². The molecule has 102 valence electrons. The lowest BCUT2D eigenvalue weighted by Gasteiger charge is -2.16. The molecule has 1 aromatic rings. The van der Waals surface area contributed by atoms with Crippen LogP contribution in [0.25, 0.3) is 0 Å². The van der Waals surface area contributed by atoms with Gasteiger partial charge in [-0.05, 0) is 31.5 Å². The third-order valence-corrected chi connectivity index (χ3v) is 2.77. The lowest BCUT2D eigenvalue weighted by atomic mass is 10.1. The first-order valence-corrected chi connectivity index (χ1v) is 6.18. The van der Waals surface area contributed by atoms with Crippen LogP contribution in [-0.4, -0.2) is 23.7 Å². The monoisotopic (exact) mass is 281 g/mol. The fourth-order valence-electron chi connectivity index (χ4n) is 1.40. The molecule has 2 atom stereocenters. The third-order valence-electron chi connectivity index (χ3n) is 2.48. The second kappa shape index (κ2) is 7.03. The molecule has 0 bridgehead atoms. The Morgan fingerprint density at radius 2 is 2.26 bits per heavy atom. The summed E-state index contributed by atoms with van der Waals surface area (Å²) in [5.74, 6) is 2.38. The van der Waals surface area contributed by atoms with Crippen molar-refractivity contribution >= 4 is 17.5 Å². The van der Waals surface area contributed by atoms with E-state index in [1.165, 1.54) is 0 Å². The van der Waals surface area contributed by atoms with Gasteiger partial charge in [-0.1, -0.05) is 23.6 Å². The van der Waals surface area contributed by atoms with E-state index >= 15 is 0 Å². The molecule has 0 saturated heterocycles. The summed E-state index contributed by atoms with van der Waals surface area (Å²) in [5.41, 5.74) is 0.682. The summed E-state index contributed by atoms with van der Waals surface area (Å²) in [6.07, 6.45) is 3.73. The molecule has 0 aliphatic heterocycles. The largest absolute Gasteiger partial charge is 0.479 e. The van der Waals surface area contributed by atoms with Gasteiger partial charge in [-0.25, -0.2) is 0 Å². The van der Waals surface area contributed by atoms with Crippen molar-refractivity contribution in [2.45, 2.75) is 26.1 Å². The van der Waals surface area contributed by atoms with Crippen LogP contribution in [-0.2, 0) is 4.79 Å². The van der Waals surface area contributed by atoms with Crippen LogP contribution in [0.5, 0.6) is 5.75 Å². The van der Waals surface area contributed by atoms with E-state index in [0.29, 0.717) is 16.3 Å². The molecule has 1 aromatic carbocycles. The number of ether oxygens (including phenoxy) is 1. The Bertz CT molecular complexity index is 494. The Kier molecular flexibility index (Phi) is 5.68. The van der Waals surface area contributed by atoms with Crippen molar-refractivity contribution in [2.24, 2.45) is 0 Å². The molecule has 0 aromatic heterocycles. The van der Waals surface area contributed by atoms with Gasteiger partial charge < -0.3 is 15.2 Å². The molecule has 1 rings (SSSR count). The number of hydrogen-bond acceptors (Lipinski definition) is 3. The Hall–Kier alpha value is -1.70. The number of aliphatic hydroxyl groups is 1. The molecule has 2 N–H and O–H groups in total. The summed E-state index contributed by atoms with van der Waals surface area (Å²) < 4.78 is 5.44. The molecule has 0 aliphatic carbocycles. The van der Waals surface area contributed by atoms with Crippen LogP contribution in [0.4, 0.5) is 0 Å². The highest BCUT2D eigenvalue weighted by atomic mass is 35.5. The quantitative estimate of drug-likeness (QED) is 0.811. The lowest BCUT2D eigenvalue weighted by molar-refractivity contribution is -0.126. The van der Waals surface area contributed by atoms with Gasteiger partial charge in [-0.2, -0.15) is 0 Å². The SMILES string of the molecule is C#CCNC(=O)C(C)Oc1ccc([C@H](C)O)cc1Cl. The number of aliphatic hydroxyl groups excluding tert-OH is 1. The number of halogens is 1. The van der Waals surface area contributed by atoms with Crippen LogP contribution in [0.15, 0.2) is 18.2 Å². The topological polar surface area (TPSA) is 58.6 Å². The van der Waals surface area contributed by atoms with Gasteiger partial charge in [0.05, 0.1) is 17.7 Å². The molecule has 0 aliphatic rings. The second-order valence-corrected chi connectivity index (χ2v) is 4.46. The normalized spacial score (nSPS) is 13.2. The molecule has 5 heteroatoms. The van der Waals surface area contributed by atoms with Gasteiger partial charge in [0.15, 0.2) is 6.10 Å². The number of rotatable bonds is 5. The number of benzene rings is 1. The third kappa shape index (κ3) is 4.47. The van der Waals surface area contributed by atoms with E-state index in [9.17, 15) is 9.90 Å². The average Bonchev–Trinajstić information content (AvgIpc) is 2.37. The molecular weight excluding hydrogens is 266 g/mol. The highest BCUT2D eigenvalue weighted by Crippen LogP contribution is 2.28. The molecule has 1 unspecified atom stereocenters. The first kappa shape index (κ1) is 15.4. The summed E-state index contributed by atoms with van der Waals surface area (Å²) in [6, 6.07) is 4.92. The van der Waals surface area contributed by atoms with Crippen molar-refractivity contribution in [1.29, 1.82) is 0 Å². The maximum absolute atomic E-state index is 11.6. The molecular formula is C14H16ClNO3. The first-order valence-electron chi connectivity index (χ1n) is 5.81. The van der Waals surface area contributed by atoms with E-state index in [1.807, 2.05) is 0 Å². The van der Waals surface area contributed by atoms with Gasteiger partial charge in [0, 0.05) is 0 Å². The van der Waals surface area contributed by atoms with Gasteiger partial charge in [-0.3, -0.25) is 4.79 Å². The van der Waals surface area contributed by atoms with E-state index in [0.717, 1.165) is 0 Å². The molecule has 0 spiro atoms. The Labute approximate surface area is 117 Å². The van der Waals surface area contributed by atoms with Crippen molar-refractivity contribution in [3.05, 3.63) is 28.8 Å². The Balaban J connectivity index is 2.72. The zero-order valence-electron chi connectivity index (χ0n) is 10.8. The van der Waals surface area contributed by atoms with Crippen molar-refractivity contribution in [3.8, 4) is 18.1 Å². The molecule has 1 amide bonds. The zero-order chi connectivity index (χ0) is 14.4. The van der Waals surface area contributed by atoms with E-state index in [1.54, 1.807) is 32.0 Å². The maximum Gasteiger partial charge on any atom is 0.261 e. The zero-order valence-corrected chi connectivity index (χ0v) is 11.6. The highest BCUT2D eigenvalue weighted by Gasteiger charge is 2.16. The average molecular weight is 282 g/mol. The minimum atomic E-state index is -0.705. The van der Waals surface area contributed by atoms with Crippen molar-refractivity contribution < 1.29 is 14.6 Å². The van der Waals surface area contributed by atoms with Crippen LogP contribution >= 0.6 is 11.6 Å². The lowest BCUT2D eigenvalue weighted by Crippen LogP contribution is -2.36. The van der Waals surface area contributed by atoms with Crippen LogP contribution in [0.1, 0.15) is 25.5 Å². The van der Waals surface area contributed by atoms with Crippen LogP contribution in [0.2, 0.25) is 5.02 Å². The van der Waals surface area contributed by atoms with Gasteiger partial charge in [0.25, 0.3) is 5.91 Å². The van der Waals surface area contributed by atoms with Gasteiger partial charge >= 0.3 is 0 Å². The number of carbonyl (C=O) groups excluding carboxylic acids is 1. The predicted octanol–water partition coefficient (Wildman–Crippen LogP) is 1.91. The summed E-state index contributed by atoms with van der Waals surface area (Å²) >= 11 is 6.03. The minimum absolute atomic E-state index is 0.154. The minimum Gasteiger partial charge on any atom is -0.479 e. The maximum atomic E-state index is 11.6. The van der Waals surface area contributed by atoms with E-state index in [2.05, 4.69) is 11.2 Å². The Morgan fingerprint density at radius 1 is 1.58 bits per heavy atom. The van der Waals surface area contributed by atoms with Gasteiger partial charge in [-0.15, -0.1) is 6.42 Å². The fraction of sp³-hybridized carbons (Fsp3) is 0.357. The van der Waals surface area contributed by atoms with Crippen molar-refractivity contribution in [2.75, 3.05) is 6.54 Å². The molecule has 4 nitrogen and oxygen atoms in total. The number of terminal acetylenes is 1. The van der Waals surface area contributed by atoms with Crippen molar-refractivity contribution in [1.82, 2.24) is 5.32 Å². The first-order chi connectivity index (χ1) is 8.95. The highest BCUT2D eigenvalue weighted by molar-refractivity contribution is 6.32. The smallest absolute Gasteiger partial charge is 0.261 e. The molecule has 19 heavy (non-hydrogen) atoms. The van der Waals surface area contributed by atoms with E-state index in [4.69, 9.17) is 22.8 Å². The van der Waals surface area contributed by atoms with Gasteiger partial charge in [0.1, 0.15) is 5.75 Å². The van der Waals surface area contributed by atoms with Crippen LogP contribution < -0.4 is 10.1 Å². The van der Waals surface area contributed by atoms with Crippen LogP contribution in [0.3, 0.4) is 0 Å². The molecule has 0 radical (unpaired) electrons. The summed E-state index contributed by atoms with van der Waals surface area (Å²) in [6.45, 7) is 3.40. The second-order valence-electron chi connectivity index (χ2n) is 4.05. The number of hydrogen-bond donors (Lipinski definition) is 2. The standard InChI is InChI=1S/C14H16ClNO3/c1-4-7-16-14(18)10(3)19-13-6-5-11(9(2)17)8-12(13)15/h1,5-6,8-10,17H,7H2,2-3H3,(H,16,18)/t9-,10?/m0/s1. The number of nitrogens with one attached hydrogen (secondary N) is 1. The Morgan fingerprint density at radius 3 is 2.79 bits per heavy atom. The molecule has 0 fully saturated rings. The summed E-state index contributed by atoms with van der Waals surface area (Å²) in [4.78, 5) is 11.6. The predicted molar refractivity (Wildman–Crippen MR) is 74.0 cm³/mol. The number of amides is 1. The summed E-state index contributed by atoms with van der Waals surface area (Å²) in [5, 5.41) is 12.3. The summed E-state index contributed by atoms with van der Waals surface area (Å²) in [7, 11) is 0. The van der Waals surface area contributed by atoms with Gasteiger partial charge in [0.2, 0.25) is 0 Å². The fourth-order valence-corrected chi connectivity index (χ4v) is 1.63. The number of carbonyl (C=O) groups is 1. The van der Waals surface area contributed by atoms with E-state index < -0.39 is 12.2 Å². The molecule has 0 heterocycles. The van der Waals surface area contributed by atoms with E-state index in [-0.39, 0.29) is 12.5 Å². The molecule has 0 saturated carbocycles. The van der Waals surface area contributed by atoms with Crippen molar-refractivity contribution in [3.63, 3.8) is 0 Å².